The number of ether oxygens (including phenoxy) is 1. The number of pyridine rings is 1. The van der Waals surface area contributed by atoms with Crippen molar-refractivity contribution in [2.45, 2.75) is 92.3 Å². The van der Waals surface area contributed by atoms with Crippen molar-refractivity contribution in [2.75, 3.05) is 0 Å². The number of aromatic nitrogens is 5. The molecule has 0 fully saturated rings. The number of aryl methyl sites for hydroxylation is 2. The number of nitrogens with zero attached hydrogens (tertiary/aromatic N) is 5. The summed E-state index contributed by atoms with van der Waals surface area (Å²) in [5, 5.41) is 6.39. The molecule has 0 spiro atoms. The summed E-state index contributed by atoms with van der Waals surface area (Å²) in [5.41, 5.74) is 13.3. The normalized spacial score (nSPS) is 14.3. The fraction of sp³-hybridized carbons (Fsp3) is 0.206. The molecule has 13 aromatic rings. The molecule has 0 aliphatic heterocycles. The Kier molecular flexibility index (Phi) is 9.11. The molecule has 6 nitrogen and oxygen atoms in total. The number of benzene rings is 8. The zero-order chi connectivity index (χ0) is 57.0. The van der Waals surface area contributed by atoms with E-state index in [1.54, 1.807) is 18.3 Å². The van der Waals surface area contributed by atoms with Crippen molar-refractivity contribution in [1.82, 2.24) is 23.1 Å². The first-order valence-corrected chi connectivity index (χ1v) is 26.8. The summed E-state index contributed by atoms with van der Waals surface area (Å²) in [4.78, 5) is 5.14. The number of rotatable bonds is 6. The molecule has 0 amide bonds. The monoisotopic (exact) mass is 1160 g/mol. The largest absolute Gasteiger partial charge is 0.0620 e. The van der Waals surface area contributed by atoms with Crippen LogP contribution in [-0.4, -0.2) is 23.1 Å². The quantitative estimate of drug-likeness (QED) is 0.166. The Morgan fingerprint density at radius 2 is 1.05 bits per heavy atom. The van der Waals surface area contributed by atoms with E-state index in [9.17, 15) is 0 Å². The van der Waals surface area contributed by atoms with E-state index in [1.807, 2.05) is 59.2 Å². The Balaban J connectivity index is 1.02. The molecule has 374 valence electrons. The van der Waals surface area contributed by atoms with E-state index in [-0.39, 0.29) is 33.1 Å². The van der Waals surface area contributed by atoms with Gasteiger partial charge in [-0.05, 0) is 35.0 Å². The van der Waals surface area contributed by atoms with Gasteiger partial charge in [0.05, 0.1) is 16.6 Å². The van der Waals surface area contributed by atoms with Crippen LogP contribution < -0.4 is 4.74 Å². The van der Waals surface area contributed by atoms with Gasteiger partial charge < -0.3 is 4.40 Å². The third kappa shape index (κ3) is 7.54. The Morgan fingerprint density at radius 1 is 0.453 bits per heavy atom. The Morgan fingerprint density at radius 3 is 1.73 bits per heavy atom. The van der Waals surface area contributed by atoms with Crippen molar-refractivity contribution in [1.29, 1.82) is 0 Å². The SMILES string of the molecule is [2H]C([2H])([2H])c1ccc(-n2[c](=[Pt])n(-c3cc(C(C)(C)C)cc(C(C)(C)C)c3)c3ccccc32)cc1Oc1ccc2c3cc4c5cccc6c7ccccc7n(c4cc3n(-c3cc(C([2H])([2H])[2H])c(-c4ccc(C(C)(C)C)cc4)cn3)c2c1)c65. The van der Waals surface area contributed by atoms with Gasteiger partial charge in [-0.15, -0.1) is 0 Å². The second kappa shape index (κ2) is 16.7. The number of imidazole rings is 1. The van der Waals surface area contributed by atoms with Crippen molar-refractivity contribution >= 4 is 70.9 Å². The van der Waals surface area contributed by atoms with Gasteiger partial charge in [0.15, 0.2) is 0 Å². The molecule has 0 radical (unpaired) electrons. The number of fused-ring (bicyclic) bond motifs is 10. The van der Waals surface area contributed by atoms with Crippen LogP contribution in [0.3, 0.4) is 0 Å². The van der Waals surface area contributed by atoms with Crippen LogP contribution in [0.4, 0.5) is 0 Å². The van der Waals surface area contributed by atoms with Crippen LogP contribution in [0.5, 0.6) is 11.5 Å². The third-order valence-corrected chi connectivity index (χ3v) is 16.3. The van der Waals surface area contributed by atoms with Gasteiger partial charge in [0, 0.05) is 37.4 Å². The van der Waals surface area contributed by atoms with Crippen LogP contribution in [0.1, 0.15) is 98.4 Å². The molecule has 75 heavy (non-hydrogen) atoms. The molecule has 13 rings (SSSR count). The van der Waals surface area contributed by atoms with Crippen LogP contribution in [-0.2, 0) is 35.6 Å². The average molecular weight is 1170 g/mol. The maximum Gasteiger partial charge on any atom is 0.0620 e. The van der Waals surface area contributed by atoms with Gasteiger partial charge in [0.25, 0.3) is 0 Å². The molecule has 5 heterocycles. The van der Waals surface area contributed by atoms with E-state index < -0.39 is 13.7 Å². The minimum Gasteiger partial charge on any atom is 0.0620 e. The third-order valence-electron chi connectivity index (χ3n) is 15.3. The fourth-order valence-corrected chi connectivity index (χ4v) is 12.4. The summed E-state index contributed by atoms with van der Waals surface area (Å²) in [7, 11) is 0. The molecule has 0 saturated carbocycles. The van der Waals surface area contributed by atoms with Gasteiger partial charge in [-0.2, -0.15) is 0 Å². The number of hydrogen-bond donors (Lipinski definition) is 0. The number of hydrogen-bond acceptors (Lipinski definition) is 2. The Hall–Kier alpha value is -7.53. The molecule has 8 aromatic carbocycles. The minimum absolute atomic E-state index is 0.0644. The summed E-state index contributed by atoms with van der Waals surface area (Å²) in [6.07, 6.45) is 1.68. The van der Waals surface area contributed by atoms with Gasteiger partial charge in [-0.25, -0.2) is 0 Å². The molecule has 7 heteroatoms. The van der Waals surface area contributed by atoms with Crippen molar-refractivity contribution < 1.29 is 32.3 Å². The van der Waals surface area contributed by atoms with E-state index in [0.717, 1.165) is 86.3 Å². The standard InChI is InChI=1S/C68H61N5O.Pt/c1-41-23-28-47(70-40-71(59-22-15-14-21-58(59)70)48-33-45(67(6,7)8)32-46(34-48)68(9,10)11)35-63(41)74-49-29-30-51-54-37-55-53-19-16-18-52-50-17-12-13-20-57(50)73(65(52)53)62(55)38-61(54)72(60(51)36-49)64-31-42(2)56(39-69-64)43-24-26-44(27-25-43)66(3,4)5;/h12-39H,1-11H3;/i1D3,2D3;. The van der Waals surface area contributed by atoms with Gasteiger partial charge in [0.2, 0.25) is 0 Å². The summed E-state index contributed by atoms with van der Waals surface area (Å²) >= 11 is 2.39. The van der Waals surface area contributed by atoms with Gasteiger partial charge >= 0.3 is 285 Å². The van der Waals surface area contributed by atoms with Crippen LogP contribution in [0, 0.1) is 17.5 Å². The second-order valence-electron chi connectivity index (χ2n) is 23.3. The van der Waals surface area contributed by atoms with E-state index >= 15 is 0 Å². The molecule has 5 aromatic heterocycles. The zero-order valence-electron chi connectivity index (χ0n) is 49.6. The molecular weight excluding hydrogens is 1100 g/mol. The van der Waals surface area contributed by atoms with Crippen molar-refractivity contribution in [3.8, 4) is 39.8 Å². The smallest absolute Gasteiger partial charge is 0.0620 e. The van der Waals surface area contributed by atoms with Crippen molar-refractivity contribution in [3.05, 3.63) is 202 Å². The fourth-order valence-electron chi connectivity index (χ4n) is 11.2. The summed E-state index contributed by atoms with van der Waals surface area (Å²) in [6.45, 7) is 14.9. The van der Waals surface area contributed by atoms with E-state index in [1.165, 1.54) is 16.5 Å². The first kappa shape index (κ1) is 40.8. The zero-order valence-corrected chi connectivity index (χ0v) is 45.9. The molecule has 0 aliphatic rings. The summed E-state index contributed by atoms with van der Waals surface area (Å²) in [6, 6.07) is 55.5. The van der Waals surface area contributed by atoms with Gasteiger partial charge in [0.1, 0.15) is 0 Å². The number of para-hydroxylation sites is 4. The predicted octanol–water partition coefficient (Wildman–Crippen LogP) is 18.1. The van der Waals surface area contributed by atoms with Crippen LogP contribution in [0.2, 0.25) is 0 Å². The predicted molar refractivity (Wildman–Crippen MR) is 310 cm³/mol. The van der Waals surface area contributed by atoms with Crippen molar-refractivity contribution in [2.24, 2.45) is 0 Å². The summed E-state index contributed by atoms with van der Waals surface area (Å²) < 4.78 is 69.9. The van der Waals surface area contributed by atoms with E-state index in [2.05, 4.69) is 192 Å². The molecule has 0 saturated heterocycles. The van der Waals surface area contributed by atoms with E-state index in [0.29, 0.717) is 22.6 Å². The van der Waals surface area contributed by atoms with Gasteiger partial charge in [-0.3, -0.25) is 0 Å². The molecular formula is C68H61N5OPt. The summed E-state index contributed by atoms with van der Waals surface area (Å²) in [5.74, 6) is 0.998. The molecule has 0 bridgehead atoms. The van der Waals surface area contributed by atoms with Crippen LogP contribution in [0.15, 0.2) is 170 Å². The first-order valence-electron chi connectivity index (χ1n) is 28.7. The molecule has 0 atom stereocenters. The molecule has 0 N–H and O–H groups in total. The molecule has 0 aliphatic carbocycles. The molecule has 0 unspecified atom stereocenters. The minimum atomic E-state index is -2.52. The first-order chi connectivity index (χ1) is 38.2. The Labute approximate surface area is 457 Å². The second-order valence-corrected chi connectivity index (χ2v) is 24.3. The maximum atomic E-state index is 8.95. The van der Waals surface area contributed by atoms with Crippen LogP contribution >= 0.6 is 0 Å². The van der Waals surface area contributed by atoms with Gasteiger partial charge in [-0.1, -0.05) is 81.4 Å². The van der Waals surface area contributed by atoms with E-state index in [4.69, 9.17) is 17.9 Å². The maximum absolute atomic E-state index is 8.95. The Bertz CT molecular complexity index is 4750. The van der Waals surface area contributed by atoms with Crippen LogP contribution in [0.25, 0.3) is 99.3 Å². The van der Waals surface area contributed by atoms with Crippen molar-refractivity contribution in [3.63, 3.8) is 0 Å². The topological polar surface area (TPSA) is 41.3 Å². The average Bonchev–Trinajstić information content (AvgIpc) is 4.34.